The minimum atomic E-state index is -5.79. The molecule has 0 spiro atoms. The number of thioether (sulfide) groups is 1. The van der Waals surface area contributed by atoms with Crippen LogP contribution in [-0.4, -0.2) is 18.2 Å². The van der Waals surface area contributed by atoms with E-state index in [-0.39, 0.29) is 14.9 Å². The van der Waals surface area contributed by atoms with E-state index in [2.05, 4.69) is 15.9 Å². The molecule has 3 aromatic rings. The van der Waals surface area contributed by atoms with Crippen LogP contribution in [0.5, 0.6) is 0 Å². The SMILES string of the molecule is CC(SCc1ccccc1)(c1ccc(C(F)(F)P(=O)(O)O)c(Br)c1)S(=O)(=O)c1ccccc1. The zero-order valence-electron chi connectivity index (χ0n) is 17.2. The van der Waals surface area contributed by atoms with Crippen LogP contribution < -0.4 is 0 Å². The van der Waals surface area contributed by atoms with Crippen molar-refractivity contribution in [1.29, 1.82) is 0 Å². The third-order valence-corrected chi connectivity index (χ3v) is 11.2. The summed E-state index contributed by atoms with van der Waals surface area (Å²) >= 11 is 4.07. The maximum atomic E-state index is 14.3. The number of alkyl halides is 2. The van der Waals surface area contributed by atoms with E-state index in [0.717, 1.165) is 23.4 Å². The average molecular weight is 577 g/mol. The lowest BCUT2D eigenvalue weighted by Crippen LogP contribution is -2.30. The van der Waals surface area contributed by atoms with Gasteiger partial charge in [-0.25, -0.2) is 8.42 Å². The Morgan fingerprint density at radius 2 is 1.52 bits per heavy atom. The minimum Gasteiger partial charge on any atom is -0.320 e. The molecule has 0 aromatic heterocycles. The molecular weight excluding hydrogens is 557 g/mol. The topological polar surface area (TPSA) is 91.7 Å². The van der Waals surface area contributed by atoms with Crippen LogP contribution in [0.3, 0.4) is 0 Å². The third kappa shape index (κ3) is 5.11. The number of hydrogen-bond donors (Lipinski definition) is 2. The van der Waals surface area contributed by atoms with E-state index in [4.69, 9.17) is 9.79 Å². The molecule has 1 atom stereocenters. The number of hydrogen-bond acceptors (Lipinski definition) is 4. The second-order valence-electron chi connectivity index (χ2n) is 7.32. The van der Waals surface area contributed by atoms with Crippen molar-refractivity contribution in [1.82, 2.24) is 0 Å². The van der Waals surface area contributed by atoms with E-state index in [1.807, 2.05) is 30.3 Å². The van der Waals surface area contributed by atoms with Gasteiger partial charge < -0.3 is 9.79 Å². The normalized spacial score (nSPS) is 14.6. The van der Waals surface area contributed by atoms with Crippen molar-refractivity contribution in [3.8, 4) is 0 Å². The summed E-state index contributed by atoms with van der Waals surface area (Å²) in [6, 6.07) is 20.2. The molecule has 2 N–H and O–H groups in total. The van der Waals surface area contributed by atoms with Crippen LogP contribution in [0.25, 0.3) is 0 Å². The first-order chi connectivity index (χ1) is 15.3. The predicted octanol–water partition coefficient (Wildman–Crippen LogP) is 6.26. The van der Waals surface area contributed by atoms with Gasteiger partial charge in [0.15, 0.2) is 9.84 Å². The molecule has 3 rings (SSSR count). The summed E-state index contributed by atoms with van der Waals surface area (Å²) < 4.78 is 65.5. The van der Waals surface area contributed by atoms with Gasteiger partial charge in [0.2, 0.25) is 0 Å². The van der Waals surface area contributed by atoms with Gasteiger partial charge in [-0.15, -0.1) is 11.8 Å². The Hall–Kier alpha value is -1.55. The molecular formula is C22H20BrF2O5PS2. The summed E-state index contributed by atoms with van der Waals surface area (Å²) in [5.74, 6) is 0.321. The van der Waals surface area contributed by atoms with E-state index < -0.39 is 32.7 Å². The highest BCUT2D eigenvalue weighted by Gasteiger charge is 2.52. The summed E-state index contributed by atoms with van der Waals surface area (Å²) in [6.45, 7) is 1.49. The van der Waals surface area contributed by atoms with E-state index in [1.54, 1.807) is 18.2 Å². The van der Waals surface area contributed by atoms with Gasteiger partial charge in [-0.3, -0.25) is 4.57 Å². The van der Waals surface area contributed by atoms with Gasteiger partial charge in [-0.1, -0.05) is 76.6 Å². The number of halogens is 3. The van der Waals surface area contributed by atoms with Gasteiger partial charge in [0.05, 0.1) is 4.90 Å². The molecule has 0 aliphatic rings. The Labute approximate surface area is 203 Å². The molecule has 5 nitrogen and oxygen atoms in total. The number of benzene rings is 3. The largest absolute Gasteiger partial charge is 0.399 e. The van der Waals surface area contributed by atoms with Crippen molar-refractivity contribution < 1.29 is 31.6 Å². The van der Waals surface area contributed by atoms with Crippen molar-refractivity contribution in [2.24, 2.45) is 0 Å². The second kappa shape index (κ2) is 9.60. The Morgan fingerprint density at radius 1 is 0.970 bits per heavy atom. The molecule has 0 radical (unpaired) electrons. The van der Waals surface area contributed by atoms with E-state index >= 15 is 0 Å². The molecule has 33 heavy (non-hydrogen) atoms. The van der Waals surface area contributed by atoms with E-state index in [9.17, 15) is 21.8 Å². The molecule has 0 amide bonds. The van der Waals surface area contributed by atoms with Gasteiger partial charge >= 0.3 is 13.3 Å². The minimum absolute atomic E-state index is 0.0637. The standard InChI is InChI=1S/C22H20BrF2O5PS2/c1-21(32-15-16-8-4-2-5-9-16,33(29,30)18-10-6-3-7-11-18)17-12-13-19(20(23)14-17)22(24,25)31(26,27)28/h2-14H,15H2,1H3,(H2,26,27,28). The van der Waals surface area contributed by atoms with E-state index in [0.29, 0.717) is 5.75 Å². The zero-order valence-corrected chi connectivity index (χ0v) is 21.3. The van der Waals surface area contributed by atoms with Gasteiger partial charge in [-0.2, -0.15) is 8.78 Å². The van der Waals surface area contributed by atoms with Gasteiger partial charge in [-0.05, 0) is 36.2 Å². The zero-order chi connectivity index (χ0) is 24.5. The summed E-state index contributed by atoms with van der Waals surface area (Å²) in [6.07, 6.45) is 0. The van der Waals surface area contributed by atoms with Crippen molar-refractivity contribution in [3.05, 3.63) is 100 Å². The fraction of sp³-hybridized carbons (Fsp3) is 0.182. The van der Waals surface area contributed by atoms with Crippen LogP contribution in [0.1, 0.15) is 23.6 Å². The second-order valence-corrected chi connectivity index (χ2v) is 13.8. The molecule has 0 aliphatic carbocycles. The lowest BCUT2D eigenvalue weighted by Gasteiger charge is -2.30. The first-order valence-electron chi connectivity index (χ1n) is 9.52. The first kappa shape index (κ1) is 26.1. The van der Waals surface area contributed by atoms with E-state index in [1.165, 1.54) is 31.2 Å². The highest BCUT2D eigenvalue weighted by molar-refractivity contribution is 9.10. The van der Waals surface area contributed by atoms with Crippen LogP contribution in [0, 0.1) is 0 Å². The van der Waals surface area contributed by atoms with Crippen LogP contribution in [0.4, 0.5) is 8.78 Å². The maximum Gasteiger partial charge on any atom is 0.399 e. The highest BCUT2D eigenvalue weighted by atomic mass is 79.9. The Balaban J connectivity index is 2.14. The highest BCUT2D eigenvalue weighted by Crippen LogP contribution is 2.61. The third-order valence-electron chi connectivity index (χ3n) is 5.11. The number of sulfone groups is 1. The Kier molecular flexibility index (Phi) is 7.58. The molecule has 176 valence electrons. The van der Waals surface area contributed by atoms with Crippen LogP contribution in [-0.2, 0) is 29.9 Å². The van der Waals surface area contributed by atoms with Crippen molar-refractivity contribution in [2.45, 2.75) is 27.3 Å². The maximum absolute atomic E-state index is 14.3. The summed E-state index contributed by atoms with van der Waals surface area (Å²) in [5.41, 5.74) is -4.30. The average Bonchev–Trinajstić information content (AvgIpc) is 2.77. The molecule has 1 unspecified atom stereocenters. The van der Waals surface area contributed by atoms with Crippen LogP contribution in [0.2, 0.25) is 0 Å². The lowest BCUT2D eigenvalue weighted by atomic mass is 10.1. The molecule has 11 heteroatoms. The molecule has 0 bridgehead atoms. The molecule has 0 saturated heterocycles. The molecule has 0 fully saturated rings. The molecule has 0 saturated carbocycles. The van der Waals surface area contributed by atoms with Crippen molar-refractivity contribution in [3.63, 3.8) is 0 Å². The fourth-order valence-corrected chi connectivity index (χ4v) is 7.84. The summed E-state index contributed by atoms with van der Waals surface area (Å²) in [5, 5.41) is 0. The molecule has 0 heterocycles. The molecule has 0 aliphatic heterocycles. The summed E-state index contributed by atoms with van der Waals surface area (Å²) in [7, 11) is -9.81. The molecule has 3 aromatic carbocycles. The Bertz CT molecular complexity index is 1280. The van der Waals surface area contributed by atoms with Crippen LogP contribution in [0.15, 0.2) is 88.2 Å². The van der Waals surface area contributed by atoms with Gasteiger partial charge in [0, 0.05) is 15.8 Å². The van der Waals surface area contributed by atoms with Crippen molar-refractivity contribution in [2.75, 3.05) is 0 Å². The first-order valence-corrected chi connectivity index (χ1v) is 14.4. The fourth-order valence-electron chi connectivity index (χ4n) is 3.13. The summed E-state index contributed by atoms with van der Waals surface area (Å²) in [4.78, 5) is 18.2. The monoisotopic (exact) mass is 576 g/mol. The predicted molar refractivity (Wildman–Crippen MR) is 129 cm³/mol. The van der Waals surface area contributed by atoms with Gasteiger partial charge in [0.25, 0.3) is 0 Å². The lowest BCUT2D eigenvalue weighted by molar-refractivity contribution is 0.0557. The van der Waals surface area contributed by atoms with Gasteiger partial charge in [0.1, 0.15) is 4.08 Å². The quantitative estimate of drug-likeness (QED) is 0.308. The van der Waals surface area contributed by atoms with Crippen LogP contribution >= 0.6 is 35.3 Å². The smallest absolute Gasteiger partial charge is 0.320 e. The number of rotatable bonds is 8. The Morgan fingerprint density at radius 3 is 2.03 bits per heavy atom. The van der Waals surface area contributed by atoms with Crippen molar-refractivity contribution >= 4 is 45.1 Å².